The van der Waals surface area contributed by atoms with E-state index in [1.807, 2.05) is 38.1 Å². The van der Waals surface area contributed by atoms with Crippen LogP contribution >= 0.6 is 0 Å². The van der Waals surface area contributed by atoms with Gasteiger partial charge in [0.25, 0.3) is 0 Å². The van der Waals surface area contributed by atoms with Crippen LogP contribution < -0.4 is 15.4 Å². The molecule has 0 aliphatic heterocycles. The predicted molar refractivity (Wildman–Crippen MR) is 109 cm³/mol. The van der Waals surface area contributed by atoms with Crippen LogP contribution in [0.3, 0.4) is 0 Å². The van der Waals surface area contributed by atoms with E-state index in [4.69, 9.17) is 4.74 Å². The number of rotatable bonds is 8. The summed E-state index contributed by atoms with van der Waals surface area (Å²) < 4.78 is 5.42. The van der Waals surface area contributed by atoms with E-state index in [-0.39, 0.29) is 17.9 Å². The maximum absolute atomic E-state index is 12.3. The highest BCUT2D eigenvalue weighted by molar-refractivity contribution is 6.07. The Balaban J connectivity index is 1.94. The molecule has 0 radical (unpaired) electrons. The van der Waals surface area contributed by atoms with Crippen LogP contribution in [0.4, 0.5) is 10.5 Å². The third-order valence-electron chi connectivity index (χ3n) is 3.52. The maximum Gasteiger partial charge on any atom is 0.319 e. The number of ether oxygens (including phenoxy) is 1. The second-order valence-electron chi connectivity index (χ2n) is 6.20. The van der Waals surface area contributed by atoms with E-state index in [0.29, 0.717) is 17.9 Å². The van der Waals surface area contributed by atoms with Crippen molar-refractivity contribution in [3.8, 4) is 5.75 Å². The van der Waals surface area contributed by atoms with Gasteiger partial charge in [-0.15, -0.1) is 0 Å². The summed E-state index contributed by atoms with van der Waals surface area (Å²) in [6, 6.07) is 14.0. The number of hydrogen-bond acceptors (Lipinski definition) is 3. The van der Waals surface area contributed by atoms with Crippen molar-refractivity contribution in [3.63, 3.8) is 0 Å². The van der Waals surface area contributed by atoms with Crippen LogP contribution in [0.25, 0.3) is 6.08 Å². The number of allylic oxidation sites excluding steroid dienone is 1. The van der Waals surface area contributed by atoms with Gasteiger partial charge in [-0.3, -0.25) is 4.79 Å². The molecule has 5 nitrogen and oxygen atoms in total. The molecule has 2 rings (SSSR count). The summed E-state index contributed by atoms with van der Waals surface area (Å²) in [6.45, 7) is 7.83. The zero-order chi connectivity index (χ0) is 19.6. The summed E-state index contributed by atoms with van der Waals surface area (Å²) in [7, 11) is 0. The van der Waals surface area contributed by atoms with Crippen molar-refractivity contribution in [2.45, 2.75) is 19.9 Å². The first-order valence-electron chi connectivity index (χ1n) is 8.71. The minimum absolute atomic E-state index is 0.0543. The van der Waals surface area contributed by atoms with Gasteiger partial charge in [-0.2, -0.15) is 0 Å². The van der Waals surface area contributed by atoms with E-state index in [9.17, 15) is 9.59 Å². The highest BCUT2D eigenvalue weighted by atomic mass is 16.5. The molecule has 0 spiro atoms. The molecule has 0 atom stereocenters. The van der Waals surface area contributed by atoms with Crippen molar-refractivity contribution in [2.24, 2.45) is 0 Å². The van der Waals surface area contributed by atoms with E-state index in [2.05, 4.69) is 17.2 Å². The fraction of sp³-hybridized carbons (Fsp3) is 0.182. The van der Waals surface area contributed by atoms with Crippen molar-refractivity contribution in [1.82, 2.24) is 5.32 Å². The minimum atomic E-state index is -0.274. The average molecular weight is 364 g/mol. The molecule has 0 aliphatic rings. The van der Waals surface area contributed by atoms with Crippen LogP contribution in [0.15, 0.2) is 67.3 Å². The lowest BCUT2D eigenvalue weighted by Crippen LogP contribution is -2.34. The molecular weight excluding hydrogens is 340 g/mol. The molecule has 2 aromatic carbocycles. The topological polar surface area (TPSA) is 67.4 Å². The van der Waals surface area contributed by atoms with Gasteiger partial charge in [-0.25, -0.2) is 4.79 Å². The lowest BCUT2D eigenvalue weighted by Gasteiger charge is -2.10. The van der Waals surface area contributed by atoms with Crippen molar-refractivity contribution >= 4 is 23.6 Å². The molecular formula is C22H24N2O3. The molecule has 2 amide bonds. The molecule has 0 fully saturated rings. The van der Waals surface area contributed by atoms with Gasteiger partial charge in [-0.1, -0.05) is 30.9 Å². The summed E-state index contributed by atoms with van der Waals surface area (Å²) in [4.78, 5) is 24.0. The number of carbonyl (C=O) groups excluding carboxylic acids is 2. The van der Waals surface area contributed by atoms with Gasteiger partial charge >= 0.3 is 6.03 Å². The summed E-state index contributed by atoms with van der Waals surface area (Å²) in [6.07, 6.45) is 4.96. The normalized spacial score (nSPS) is 10.6. The number of urea groups is 1. The first kappa shape index (κ1) is 20.0. The Hall–Kier alpha value is -3.34. The van der Waals surface area contributed by atoms with Gasteiger partial charge in [0.05, 0.1) is 0 Å². The molecule has 0 saturated carbocycles. The zero-order valence-electron chi connectivity index (χ0n) is 15.6. The van der Waals surface area contributed by atoms with Crippen LogP contribution in [0, 0.1) is 0 Å². The van der Waals surface area contributed by atoms with E-state index < -0.39 is 0 Å². The molecule has 0 aromatic heterocycles. The Morgan fingerprint density at radius 1 is 1.07 bits per heavy atom. The van der Waals surface area contributed by atoms with E-state index >= 15 is 0 Å². The Kier molecular flexibility index (Phi) is 7.37. The molecule has 5 heteroatoms. The highest BCUT2D eigenvalue weighted by Crippen LogP contribution is 2.14. The van der Waals surface area contributed by atoms with Crippen molar-refractivity contribution in [3.05, 3.63) is 78.4 Å². The largest absolute Gasteiger partial charge is 0.490 e. The number of hydrogen-bond donors (Lipinski definition) is 2. The number of ketones is 1. The highest BCUT2D eigenvalue weighted by Gasteiger charge is 2.05. The monoisotopic (exact) mass is 364 g/mol. The van der Waals surface area contributed by atoms with Crippen LogP contribution in [0.1, 0.15) is 29.8 Å². The van der Waals surface area contributed by atoms with Crippen molar-refractivity contribution in [1.29, 1.82) is 0 Å². The number of nitrogens with one attached hydrogen (secondary N) is 2. The van der Waals surface area contributed by atoms with Gasteiger partial charge in [0.2, 0.25) is 0 Å². The standard InChI is InChI=1S/C22H24N2O3/c1-4-15-27-20-12-5-17(6-13-20)7-14-21(25)18-8-10-19(11-9-18)24-22(26)23-16(2)3/h4-14,16H,1,15H2,2-3H3,(H2,23,24,26)/b14-7+. The predicted octanol–water partition coefficient (Wildman–Crippen LogP) is 4.68. The van der Waals surface area contributed by atoms with E-state index in [1.54, 1.807) is 36.4 Å². The van der Waals surface area contributed by atoms with Crippen LogP contribution in [-0.2, 0) is 0 Å². The Morgan fingerprint density at radius 2 is 1.74 bits per heavy atom. The molecule has 0 unspecified atom stereocenters. The molecule has 0 aliphatic carbocycles. The Labute approximate surface area is 159 Å². The smallest absolute Gasteiger partial charge is 0.319 e. The van der Waals surface area contributed by atoms with Crippen molar-refractivity contribution in [2.75, 3.05) is 11.9 Å². The minimum Gasteiger partial charge on any atom is -0.490 e. The summed E-state index contributed by atoms with van der Waals surface area (Å²) in [5.41, 5.74) is 2.08. The molecule has 2 aromatic rings. The first-order valence-corrected chi connectivity index (χ1v) is 8.71. The lowest BCUT2D eigenvalue weighted by atomic mass is 10.1. The summed E-state index contributed by atoms with van der Waals surface area (Å²) >= 11 is 0. The summed E-state index contributed by atoms with van der Waals surface area (Å²) in [5.74, 6) is 0.642. The van der Waals surface area contributed by atoms with Crippen molar-refractivity contribution < 1.29 is 14.3 Å². The van der Waals surface area contributed by atoms with Gasteiger partial charge in [0.1, 0.15) is 12.4 Å². The molecule has 0 saturated heterocycles. The zero-order valence-corrected chi connectivity index (χ0v) is 15.6. The third kappa shape index (κ3) is 6.82. The maximum atomic E-state index is 12.3. The first-order chi connectivity index (χ1) is 13.0. The van der Waals surface area contributed by atoms with Gasteiger partial charge in [0.15, 0.2) is 5.78 Å². The van der Waals surface area contributed by atoms with E-state index in [1.165, 1.54) is 6.08 Å². The molecule has 0 heterocycles. The van der Waals surface area contributed by atoms with Gasteiger partial charge in [-0.05, 0) is 61.9 Å². The number of carbonyl (C=O) groups is 2. The number of anilines is 1. The number of benzene rings is 2. The fourth-order valence-corrected chi connectivity index (χ4v) is 2.25. The fourth-order valence-electron chi connectivity index (χ4n) is 2.25. The SMILES string of the molecule is C=CCOc1ccc(/C=C/C(=O)c2ccc(NC(=O)NC(C)C)cc2)cc1. The Morgan fingerprint density at radius 3 is 2.33 bits per heavy atom. The molecule has 27 heavy (non-hydrogen) atoms. The molecule has 0 bridgehead atoms. The van der Waals surface area contributed by atoms with Gasteiger partial charge in [0, 0.05) is 17.3 Å². The second-order valence-corrected chi connectivity index (χ2v) is 6.20. The quantitative estimate of drug-likeness (QED) is 0.406. The van der Waals surface area contributed by atoms with Crippen LogP contribution in [0.2, 0.25) is 0 Å². The van der Waals surface area contributed by atoms with Crippen LogP contribution in [-0.4, -0.2) is 24.5 Å². The van der Waals surface area contributed by atoms with Gasteiger partial charge < -0.3 is 15.4 Å². The molecule has 2 N–H and O–H groups in total. The molecule has 140 valence electrons. The lowest BCUT2D eigenvalue weighted by molar-refractivity contribution is 0.104. The average Bonchev–Trinajstić information content (AvgIpc) is 2.65. The summed E-state index contributed by atoms with van der Waals surface area (Å²) in [5, 5.41) is 5.46. The van der Waals surface area contributed by atoms with E-state index in [0.717, 1.165) is 11.3 Å². The Bertz CT molecular complexity index is 806. The third-order valence-corrected chi connectivity index (χ3v) is 3.52. The second kappa shape index (κ2) is 9.97. The van der Waals surface area contributed by atoms with Crippen LogP contribution in [0.5, 0.6) is 5.75 Å². The number of amides is 2.